The molecule has 2 heterocycles. The fourth-order valence-electron chi connectivity index (χ4n) is 2.34. The molecule has 3 rings (SSSR count). The minimum atomic E-state index is -0.444. The van der Waals surface area contributed by atoms with E-state index in [0.717, 1.165) is 35.9 Å². The van der Waals surface area contributed by atoms with Crippen LogP contribution >= 0.6 is 15.9 Å². The van der Waals surface area contributed by atoms with Crippen molar-refractivity contribution < 1.29 is 9.26 Å². The predicted octanol–water partition coefficient (Wildman–Crippen LogP) is 3.50. The third kappa shape index (κ3) is 2.45. The normalized spacial score (nSPS) is 22.9. The molecular formula is C14H16BrN3O2. The van der Waals surface area contributed by atoms with Crippen molar-refractivity contribution in [2.45, 2.75) is 31.8 Å². The molecule has 0 amide bonds. The molecule has 0 aliphatic carbocycles. The maximum atomic E-state index is 5.87. The Morgan fingerprint density at radius 2 is 2.20 bits per heavy atom. The lowest BCUT2D eigenvalue weighted by atomic mass is 9.95. The van der Waals surface area contributed by atoms with E-state index < -0.39 is 5.60 Å². The second-order valence-corrected chi connectivity index (χ2v) is 6.05. The van der Waals surface area contributed by atoms with Gasteiger partial charge in [-0.1, -0.05) is 5.16 Å². The number of nitrogens with two attached hydrogens (primary N) is 1. The summed E-state index contributed by atoms with van der Waals surface area (Å²) in [5.41, 5.74) is 6.88. The number of benzene rings is 1. The molecule has 1 aliphatic rings. The highest BCUT2D eigenvalue weighted by molar-refractivity contribution is 9.10. The van der Waals surface area contributed by atoms with Crippen molar-refractivity contribution in [2.75, 3.05) is 12.3 Å². The van der Waals surface area contributed by atoms with E-state index in [-0.39, 0.29) is 0 Å². The largest absolute Gasteiger partial charge is 0.398 e. The van der Waals surface area contributed by atoms with E-state index in [4.69, 9.17) is 15.0 Å². The average molecular weight is 338 g/mol. The summed E-state index contributed by atoms with van der Waals surface area (Å²) in [5, 5.41) is 4.08. The number of rotatable bonds is 2. The van der Waals surface area contributed by atoms with Crippen LogP contribution in [-0.2, 0) is 10.3 Å². The second-order valence-electron chi connectivity index (χ2n) is 5.20. The Kier molecular flexibility index (Phi) is 3.52. The standard InChI is InChI=1S/C14H16BrN3O2/c1-14(6-2-3-7-19-14)13-17-12(20-18-13)9-4-5-10(15)11(16)8-9/h4-5,8H,2-3,6-7,16H2,1H3. The minimum absolute atomic E-state index is 0.444. The second kappa shape index (κ2) is 5.18. The summed E-state index contributed by atoms with van der Waals surface area (Å²) in [6.07, 6.45) is 3.11. The molecule has 0 bridgehead atoms. The van der Waals surface area contributed by atoms with Crippen molar-refractivity contribution in [1.29, 1.82) is 0 Å². The van der Waals surface area contributed by atoms with Crippen LogP contribution in [0.4, 0.5) is 5.69 Å². The summed E-state index contributed by atoms with van der Waals surface area (Å²) in [6, 6.07) is 5.57. The lowest BCUT2D eigenvalue weighted by Gasteiger charge is -2.30. The van der Waals surface area contributed by atoms with Crippen LogP contribution < -0.4 is 5.73 Å². The van der Waals surface area contributed by atoms with Gasteiger partial charge in [0.05, 0.1) is 0 Å². The van der Waals surface area contributed by atoms with E-state index in [1.165, 1.54) is 0 Å². The lowest BCUT2D eigenvalue weighted by molar-refractivity contribution is -0.0770. The third-order valence-electron chi connectivity index (χ3n) is 3.61. The van der Waals surface area contributed by atoms with Crippen molar-refractivity contribution in [3.8, 4) is 11.5 Å². The summed E-state index contributed by atoms with van der Waals surface area (Å²) >= 11 is 3.37. The Labute approximate surface area is 125 Å². The Bertz CT molecular complexity index is 621. The number of ether oxygens (including phenoxy) is 1. The van der Waals surface area contributed by atoms with Crippen LogP contribution in [0.2, 0.25) is 0 Å². The molecule has 0 saturated carbocycles. The summed E-state index contributed by atoms with van der Waals surface area (Å²) in [7, 11) is 0. The number of nitrogen functional groups attached to an aromatic ring is 1. The van der Waals surface area contributed by atoms with Gasteiger partial charge in [0.15, 0.2) is 0 Å². The summed E-state index contributed by atoms with van der Waals surface area (Å²) in [5.74, 6) is 1.07. The Morgan fingerprint density at radius 3 is 2.90 bits per heavy atom. The lowest BCUT2D eigenvalue weighted by Crippen LogP contribution is -2.31. The Hall–Kier alpha value is -1.40. The fraction of sp³-hybridized carbons (Fsp3) is 0.429. The first-order chi connectivity index (χ1) is 9.58. The quantitative estimate of drug-likeness (QED) is 0.849. The topological polar surface area (TPSA) is 74.2 Å². The van der Waals surface area contributed by atoms with Crippen LogP contribution in [0.15, 0.2) is 27.2 Å². The molecule has 0 radical (unpaired) electrons. The number of anilines is 1. The van der Waals surface area contributed by atoms with Crippen LogP contribution in [0.3, 0.4) is 0 Å². The molecule has 0 spiro atoms. The Morgan fingerprint density at radius 1 is 1.35 bits per heavy atom. The maximum absolute atomic E-state index is 5.87. The molecule has 1 unspecified atom stereocenters. The summed E-state index contributed by atoms with van der Waals surface area (Å²) in [4.78, 5) is 4.47. The van der Waals surface area contributed by atoms with Gasteiger partial charge in [-0.15, -0.1) is 0 Å². The van der Waals surface area contributed by atoms with Gasteiger partial charge in [0.2, 0.25) is 5.82 Å². The van der Waals surface area contributed by atoms with E-state index >= 15 is 0 Å². The van der Waals surface area contributed by atoms with Crippen LogP contribution in [0, 0.1) is 0 Å². The molecule has 1 fully saturated rings. The molecule has 106 valence electrons. The highest BCUT2D eigenvalue weighted by Gasteiger charge is 2.35. The van der Waals surface area contributed by atoms with E-state index in [9.17, 15) is 0 Å². The van der Waals surface area contributed by atoms with Crippen molar-refractivity contribution in [3.05, 3.63) is 28.5 Å². The van der Waals surface area contributed by atoms with Crippen molar-refractivity contribution in [3.63, 3.8) is 0 Å². The molecular weight excluding hydrogens is 322 g/mol. The van der Waals surface area contributed by atoms with E-state index in [1.54, 1.807) is 0 Å². The van der Waals surface area contributed by atoms with E-state index in [2.05, 4.69) is 26.1 Å². The summed E-state index contributed by atoms with van der Waals surface area (Å²) in [6.45, 7) is 2.75. The zero-order valence-corrected chi connectivity index (χ0v) is 12.8. The van der Waals surface area contributed by atoms with Crippen LogP contribution in [0.1, 0.15) is 32.0 Å². The van der Waals surface area contributed by atoms with Crippen molar-refractivity contribution >= 4 is 21.6 Å². The van der Waals surface area contributed by atoms with Gasteiger partial charge < -0.3 is 15.0 Å². The number of halogens is 1. The third-order valence-corrected chi connectivity index (χ3v) is 4.33. The highest BCUT2D eigenvalue weighted by atomic mass is 79.9. The summed E-state index contributed by atoms with van der Waals surface area (Å²) < 4.78 is 12.0. The van der Waals surface area contributed by atoms with Gasteiger partial charge in [-0.2, -0.15) is 4.98 Å². The number of aromatic nitrogens is 2. The molecule has 1 aromatic heterocycles. The van der Waals surface area contributed by atoms with E-state index in [1.807, 2.05) is 25.1 Å². The molecule has 1 aliphatic heterocycles. The average Bonchev–Trinajstić information content (AvgIpc) is 2.93. The maximum Gasteiger partial charge on any atom is 0.258 e. The first-order valence-electron chi connectivity index (χ1n) is 6.62. The van der Waals surface area contributed by atoms with Gasteiger partial charge in [-0.25, -0.2) is 0 Å². The Balaban J connectivity index is 1.91. The predicted molar refractivity (Wildman–Crippen MR) is 79.0 cm³/mol. The van der Waals surface area contributed by atoms with Crippen molar-refractivity contribution in [2.24, 2.45) is 0 Å². The van der Waals surface area contributed by atoms with E-state index in [0.29, 0.717) is 17.4 Å². The molecule has 20 heavy (non-hydrogen) atoms. The molecule has 1 saturated heterocycles. The first kappa shape index (κ1) is 13.6. The molecule has 1 aromatic carbocycles. The molecule has 6 heteroatoms. The van der Waals surface area contributed by atoms with Gasteiger partial charge in [0.25, 0.3) is 5.89 Å². The SMILES string of the molecule is CC1(c2noc(-c3ccc(Br)c(N)c3)n2)CCCCO1. The fourth-order valence-corrected chi connectivity index (χ4v) is 2.59. The molecule has 2 N–H and O–H groups in total. The molecule has 2 aromatic rings. The smallest absolute Gasteiger partial charge is 0.258 e. The highest BCUT2D eigenvalue weighted by Crippen LogP contribution is 2.34. The number of hydrogen-bond donors (Lipinski definition) is 1. The zero-order valence-electron chi connectivity index (χ0n) is 11.2. The first-order valence-corrected chi connectivity index (χ1v) is 7.41. The van der Waals surface area contributed by atoms with Crippen LogP contribution in [-0.4, -0.2) is 16.7 Å². The monoisotopic (exact) mass is 337 g/mol. The van der Waals surface area contributed by atoms with Crippen LogP contribution in [0.25, 0.3) is 11.5 Å². The van der Waals surface area contributed by atoms with Crippen molar-refractivity contribution in [1.82, 2.24) is 10.1 Å². The molecule has 5 nitrogen and oxygen atoms in total. The van der Waals surface area contributed by atoms with Gasteiger partial charge >= 0.3 is 0 Å². The molecule has 1 atom stereocenters. The number of hydrogen-bond acceptors (Lipinski definition) is 5. The van der Waals surface area contributed by atoms with Gasteiger partial charge in [-0.05, 0) is 60.3 Å². The van der Waals surface area contributed by atoms with Gasteiger partial charge in [-0.3, -0.25) is 0 Å². The van der Waals surface area contributed by atoms with Gasteiger partial charge in [0.1, 0.15) is 5.60 Å². The minimum Gasteiger partial charge on any atom is -0.398 e. The van der Waals surface area contributed by atoms with Gasteiger partial charge in [0, 0.05) is 22.3 Å². The van der Waals surface area contributed by atoms with Crippen LogP contribution in [0.5, 0.6) is 0 Å². The zero-order chi connectivity index (χ0) is 14.2. The number of nitrogens with zero attached hydrogens (tertiary/aromatic N) is 2.